The fourth-order valence-corrected chi connectivity index (χ4v) is 3.54. The molecule has 0 aliphatic rings. The summed E-state index contributed by atoms with van der Waals surface area (Å²) in [5.74, 6) is 2.69. The van der Waals surface area contributed by atoms with Gasteiger partial charge in [-0.1, -0.05) is 29.8 Å². The largest absolute Gasteiger partial charge is 0.497 e. The highest BCUT2D eigenvalue weighted by atomic mass is 35.5. The van der Waals surface area contributed by atoms with Gasteiger partial charge >= 0.3 is 0 Å². The maximum absolute atomic E-state index is 6.08. The highest BCUT2D eigenvalue weighted by Crippen LogP contribution is 2.34. The second-order valence-electron chi connectivity index (χ2n) is 7.03. The Hall–Kier alpha value is -4.17. The fourth-order valence-electron chi connectivity index (χ4n) is 3.35. The number of benzene rings is 3. The minimum Gasteiger partial charge on any atom is -0.497 e. The van der Waals surface area contributed by atoms with Crippen molar-refractivity contribution in [1.82, 2.24) is 20.2 Å². The highest BCUT2D eigenvalue weighted by molar-refractivity contribution is 6.30. The van der Waals surface area contributed by atoms with Gasteiger partial charge in [0.2, 0.25) is 11.7 Å². The van der Waals surface area contributed by atoms with Crippen LogP contribution in [-0.4, -0.2) is 34.4 Å². The molecule has 0 fully saturated rings. The Morgan fingerprint density at radius 2 is 1.70 bits per heavy atom. The van der Waals surface area contributed by atoms with Gasteiger partial charge < -0.3 is 19.2 Å². The Morgan fingerprint density at radius 3 is 2.52 bits per heavy atom. The van der Waals surface area contributed by atoms with Crippen LogP contribution in [0.2, 0.25) is 5.02 Å². The summed E-state index contributed by atoms with van der Waals surface area (Å²) >= 11 is 6.08. The number of anilines is 2. The van der Waals surface area contributed by atoms with Crippen molar-refractivity contribution in [2.45, 2.75) is 0 Å². The van der Waals surface area contributed by atoms with Crippen LogP contribution in [0.3, 0.4) is 0 Å². The molecule has 2 heterocycles. The van der Waals surface area contributed by atoms with Crippen LogP contribution in [0, 0.1) is 0 Å². The minimum absolute atomic E-state index is 0.195. The lowest BCUT2D eigenvalue weighted by molar-refractivity contribution is 0.395. The monoisotopic (exact) mass is 459 g/mol. The summed E-state index contributed by atoms with van der Waals surface area (Å²) in [5, 5.41) is 13.0. The molecule has 8 nitrogen and oxygen atoms in total. The summed E-state index contributed by atoms with van der Waals surface area (Å²) in [7, 11) is 3.20. The molecule has 0 amide bonds. The summed E-state index contributed by atoms with van der Waals surface area (Å²) in [6.45, 7) is 0. The van der Waals surface area contributed by atoms with E-state index in [0.717, 1.165) is 16.6 Å². The number of hydrogen-bond donors (Lipinski definition) is 1. The predicted molar refractivity (Wildman–Crippen MR) is 126 cm³/mol. The van der Waals surface area contributed by atoms with E-state index in [0.29, 0.717) is 39.6 Å². The smallest absolute Gasteiger partial charge is 0.286 e. The molecule has 5 aromatic rings. The number of ether oxygens (including phenoxy) is 2. The number of aromatic nitrogens is 4. The number of nitrogens with one attached hydrogen (secondary N) is 1. The lowest BCUT2D eigenvalue weighted by atomic mass is 10.2. The average molecular weight is 460 g/mol. The molecule has 33 heavy (non-hydrogen) atoms. The normalized spacial score (nSPS) is 10.9. The minimum atomic E-state index is 0.195. The first-order valence-electron chi connectivity index (χ1n) is 10.0. The molecule has 2 aromatic heterocycles. The SMILES string of the molecule is COc1ccc(Nc2nc(-c3nnc(-c4cccc(Cl)c4)o3)nc3ccccc23)c(OC)c1. The van der Waals surface area contributed by atoms with Crippen molar-refractivity contribution in [2.24, 2.45) is 0 Å². The standard InChI is InChI=1S/C24H18ClN5O3/c1-31-16-10-11-19(20(13-16)32-2)27-21-17-8-3-4-9-18(17)26-22(28-21)24-30-29-23(33-24)14-6-5-7-15(25)12-14/h3-13H,1-2H3,(H,26,27,28). The molecule has 0 atom stereocenters. The van der Waals surface area contributed by atoms with Crippen LogP contribution >= 0.6 is 11.6 Å². The molecule has 3 aromatic carbocycles. The number of methoxy groups -OCH3 is 2. The second kappa shape index (κ2) is 8.76. The Labute approximate surface area is 194 Å². The molecule has 0 bridgehead atoms. The van der Waals surface area contributed by atoms with E-state index < -0.39 is 0 Å². The summed E-state index contributed by atoms with van der Waals surface area (Å²) in [6.07, 6.45) is 0. The van der Waals surface area contributed by atoms with Crippen LogP contribution in [0.25, 0.3) is 34.1 Å². The predicted octanol–water partition coefficient (Wildman–Crippen LogP) is 5.76. The van der Waals surface area contributed by atoms with E-state index in [1.54, 1.807) is 32.4 Å². The van der Waals surface area contributed by atoms with Crippen molar-refractivity contribution in [3.05, 3.63) is 71.8 Å². The van der Waals surface area contributed by atoms with Crippen molar-refractivity contribution in [3.63, 3.8) is 0 Å². The van der Waals surface area contributed by atoms with Crippen molar-refractivity contribution < 1.29 is 13.9 Å². The van der Waals surface area contributed by atoms with Crippen LogP contribution in [0.15, 0.2) is 71.1 Å². The zero-order valence-corrected chi connectivity index (χ0v) is 18.5. The molecule has 0 saturated heterocycles. The molecular weight excluding hydrogens is 442 g/mol. The maximum atomic E-state index is 6.08. The van der Waals surface area contributed by atoms with Crippen molar-refractivity contribution >= 4 is 34.0 Å². The molecule has 0 radical (unpaired) electrons. The number of para-hydroxylation sites is 1. The van der Waals surface area contributed by atoms with Crippen LogP contribution < -0.4 is 14.8 Å². The Morgan fingerprint density at radius 1 is 0.848 bits per heavy atom. The third-order valence-corrected chi connectivity index (χ3v) is 5.19. The van der Waals surface area contributed by atoms with Gasteiger partial charge in [-0.05, 0) is 42.5 Å². The third kappa shape index (κ3) is 4.16. The van der Waals surface area contributed by atoms with Gasteiger partial charge in [0.1, 0.15) is 17.3 Å². The van der Waals surface area contributed by atoms with Gasteiger partial charge in [0.25, 0.3) is 5.89 Å². The topological polar surface area (TPSA) is 95.2 Å². The van der Waals surface area contributed by atoms with E-state index in [1.807, 2.05) is 48.5 Å². The number of nitrogens with zero attached hydrogens (tertiary/aromatic N) is 4. The van der Waals surface area contributed by atoms with Crippen LogP contribution in [0.4, 0.5) is 11.5 Å². The molecule has 164 valence electrons. The van der Waals surface area contributed by atoms with Gasteiger partial charge in [-0.25, -0.2) is 9.97 Å². The molecule has 1 N–H and O–H groups in total. The lowest BCUT2D eigenvalue weighted by Gasteiger charge is -2.13. The van der Waals surface area contributed by atoms with E-state index in [9.17, 15) is 0 Å². The maximum Gasteiger partial charge on any atom is 0.286 e. The lowest BCUT2D eigenvalue weighted by Crippen LogP contribution is -2.01. The molecule has 9 heteroatoms. The van der Waals surface area contributed by atoms with E-state index in [1.165, 1.54) is 0 Å². The first-order valence-corrected chi connectivity index (χ1v) is 10.4. The number of halogens is 1. The number of fused-ring (bicyclic) bond motifs is 1. The first-order chi connectivity index (χ1) is 16.1. The summed E-state index contributed by atoms with van der Waals surface area (Å²) < 4.78 is 16.7. The van der Waals surface area contributed by atoms with Gasteiger partial charge in [-0.2, -0.15) is 0 Å². The molecule has 5 rings (SSSR count). The molecule has 0 saturated carbocycles. The first kappa shape index (κ1) is 20.7. The van der Waals surface area contributed by atoms with E-state index in [2.05, 4.69) is 25.5 Å². The van der Waals surface area contributed by atoms with E-state index >= 15 is 0 Å². The molecule has 0 spiro atoms. The fraction of sp³-hybridized carbons (Fsp3) is 0.0833. The average Bonchev–Trinajstić information content (AvgIpc) is 3.35. The molecule has 0 aliphatic carbocycles. The van der Waals surface area contributed by atoms with E-state index in [-0.39, 0.29) is 5.89 Å². The quantitative estimate of drug-likeness (QED) is 0.342. The molecule has 0 aliphatic heterocycles. The zero-order chi connectivity index (χ0) is 22.8. The Kier molecular flexibility index (Phi) is 5.50. The van der Waals surface area contributed by atoms with Crippen molar-refractivity contribution in [3.8, 4) is 34.7 Å². The van der Waals surface area contributed by atoms with Crippen molar-refractivity contribution in [1.29, 1.82) is 0 Å². The summed E-state index contributed by atoms with van der Waals surface area (Å²) in [5.41, 5.74) is 2.15. The van der Waals surface area contributed by atoms with Crippen LogP contribution in [0.1, 0.15) is 0 Å². The number of hydrogen-bond acceptors (Lipinski definition) is 8. The van der Waals surface area contributed by atoms with Gasteiger partial charge in [-0.15, -0.1) is 10.2 Å². The van der Waals surface area contributed by atoms with Crippen LogP contribution in [-0.2, 0) is 0 Å². The zero-order valence-electron chi connectivity index (χ0n) is 17.7. The summed E-state index contributed by atoms with van der Waals surface area (Å²) in [4.78, 5) is 9.30. The highest BCUT2D eigenvalue weighted by Gasteiger charge is 2.17. The van der Waals surface area contributed by atoms with Crippen molar-refractivity contribution in [2.75, 3.05) is 19.5 Å². The summed E-state index contributed by atoms with van der Waals surface area (Å²) in [6, 6.07) is 20.3. The second-order valence-corrected chi connectivity index (χ2v) is 7.46. The third-order valence-electron chi connectivity index (χ3n) is 4.95. The van der Waals surface area contributed by atoms with Gasteiger partial charge in [0, 0.05) is 22.0 Å². The number of rotatable bonds is 6. The van der Waals surface area contributed by atoms with Gasteiger partial charge in [0.05, 0.1) is 25.4 Å². The van der Waals surface area contributed by atoms with E-state index in [4.69, 9.17) is 25.5 Å². The van der Waals surface area contributed by atoms with Crippen LogP contribution in [0.5, 0.6) is 11.5 Å². The van der Waals surface area contributed by atoms with Gasteiger partial charge in [0.15, 0.2) is 0 Å². The molecular formula is C24H18ClN5O3. The Balaban J connectivity index is 1.58. The molecule has 0 unspecified atom stereocenters. The van der Waals surface area contributed by atoms with Gasteiger partial charge in [-0.3, -0.25) is 0 Å². The Bertz CT molecular complexity index is 1450.